The van der Waals surface area contributed by atoms with Crippen molar-refractivity contribution in [2.45, 2.75) is 38.3 Å². The van der Waals surface area contributed by atoms with Crippen molar-refractivity contribution in [2.24, 2.45) is 5.73 Å². The van der Waals surface area contributed by atoms with Crippen LogP contribution < -0.4 is 11.1 Å². The minimum absolute atomic E-state index is 0.0652. The maximum Gasteiger partial charge on any atom is 0.192 e. The Hall–Kier alpha value is -1.39. The van der Waals surface area contributed by atoms with E-state index >= 15 is 0 Å². The molecule has 0 radical (unpaired) electrons. The Balaban J connectivity index is 1.79. The summed E-state index contributed by atoms with van der Waals surface area (Å²) in [6.45, 7) is 2.99. The maximum absolute atomic E-state index is 6.27. The molecule has 2 heterocycles. The van der Waals surface area contributed by atoms with Gasteiger partial charge in [0.25, 0.3) is 0 Å². The highest BCUT2D eigenvalue weighted by molar-refractivity contribution is 5.73. The number of rotatable bonds is 3. The molecule has 96 valence electrons. The molecule has 2 aromatic rings. The lowest BCUT2D eigenvalue weighted by Gasteiger charge is -2.16. The molecule has 4 heteroatoms. The summed E-state index contributed by atoms with van der Waals surface area (Å²) >= 11 is 0. The predicted octanol–water partition coefficient (Wildman–Crippen LogP) is 2.28. The molecule has 2 unspecified atom stereocenters. The Morgan fingerprint density at radius 2 is 2.44 bits per heavy atom. The zero-order chi connectivity index (χ0) is 12.5. The molecule has 1 aromatic heterocycles. The van der Waals surface area contributed by atoms with E-state index in [1.807, 2.05) is 19.1 Å². The number of aromatic nitrogens is 1. The van der Waals surface area contributed by atoms with Crippen LogP contribution in [-0.4, -0.2) is 17.6 Å². The van der Waals surface area contributed by atoms with Crippen LogP contribution in [0.1, 0.15) is 36.8 Å². The van der Waals surface area contributed by atoms with E-state index in [0.29, 0.717) is 11.9 Å². The number of fused-ring (bicyclic) bond motifs is 1. The first kappa shape index (κ1) is 11.7. The van der Waals surface area contributed by atoms with E-state index in [4.69, 9.17) is 10.2 Å². The molecule has 0 saturated carbocycles. The van der Waals surface area contributed by atoms with Gasteiger partial charge in [-0.25, -0.2) is 4.98 Å². The molecule has 0 amide bonds. The van der Waals surface area contributed by atoms with E-state index < -0.39 is 0 Å². The lowest BCUT2D eigenvalue weighted by atomic mass is 9.99. The van der Waals surface area contributed by atoms with Crippen LogP contribution in [0.5, 0.6) is 0 Å². The van der Waals surface area contributed by atoms with Gasteiger partial charge in [-0.1, -0.05) is 6.07 Å². The maximum atomic E-state index is 6.27. The van der Waals surface area contributed by atoms with E-state index in [1.54, 1.807) is 0 Å². The molecule has 0 aliphatic carbocycles. The SMILES string of the molecule is Cc1nc2ccc(C(N)CC3CCCN3)cc2o1. The van der Waals surface area contributed by atoms with Gasteiger partial charge < -0.3 is 15.5 Å². The summed E-state index contributed by atoms with van der Waals surface area (Å²) in [7, 11) is 0. The Bertz CT molecular complexity index is 543. The van der Waals surface area contributed by atoms with E-state index in [0.717, 1.165) is 29.6 Å². The third-order valence-electron chi connectivity index (χ3n) is 3.65. The van der Waals surface area contributed by atoms with Gasteiger partial charge in [-0.15, -0.1) is 0 Å². The number of oxazole rings is 1. The summed E-state index contributed by atoms with van der Waals surface area (Å²) in [4.78, 5) is 4.30. The second kappa shape index (κ2) is 4.71. The van der Waals surface area contributed by atoms with Crippen LogP contribution in [0.15, 0.2) is 22.6 Å². The van der Waals surface area contributed by atoms with Gasteiger partial charge in [0, 0.05) is 19.0 Å². The van der Waals surface area contributed by atoms with Crippen molar-refractivity contribution >= 4 is 11.1 Å². The Kier molecular flexibility index (Phi) is 3.06. The van der Waals surface area contributed by atoms with Gasteiger partial charge in [0.1, 0.15) is 5.52 Å². The van der Waals surface area contributed by atoms with Gasteiger partial charge in [0.2, 0.25) is 0 Å². The van der Waals surface area contributed by atoms with Crippen LogP contribution in [0.3, 0.4) is 0 Å². The fourth-order valence-electron chi connectivity index (χ4n) is 2.69. The normalized spacial score (nSPS) is 21.6. The van der Waals surface area contributed by atoms with E-state index in [1.165, 1.54) is 12.8 Å². The molecule has 3 rings (SSSR count). The molecule has 2 atom stereocenters. The molecule has 3 N–H and O–H groups in total. The highest BCUT2D eigenvalue weighted by Crippen LogP contribution is 2.24. The predicted molar refractivity (Wildman–Crippen MR) is 71.3 cm³/mol. The van der Waals surface area contributed by atoms with Gasteiger partial charge in [-0.3, -0.25) is 0 Å². The molecular weight excluding hydrogens is 226 g/mol. The standard InChI is InChI=1S/C14H19N3O/c1-9-17-13-5-4-10(7-14(13)18-9)12(15)8-11-3-2-6-16-11/h4-5,7,11-12,16H,2-3,6,8,15H2,1H3. The molecule has 1 aliphatic heterocycles. The number of nitrogens with zero attached hydrogens (tertiary/aromatic N) is 1. The minimum Gasteiger partial charge on any atom is -0.441 e. The summed E-state index contributed by atoms with van der Waals surface area (Å²) < 4.78 is 5.55. The van der Waals surface area contributed by atoms with E-state index in [9.17, 15) is 0 Å². The van der Waals surface area contributed by atoms with Crippen LogP contribution in [0, 0.1) is 6.92 Å². The molecule has 4 nitrogen and oxygen atoms in total. The van der Waals surface area contributed by atoms with Crippen molar-refractivity contribution in [2.75, 3.05) is 6.54 Å². The fraction of sp³-hybridized carbons (Fsp3) is 0.500. The van der Waals surface area contributed by atoms with E-state index in [-0.39, 0.29) is 6.04 Å². The first-order chi connectivity index (χ1) is 8.72. The molecular formula is C14H19N3O. The van der Waals surface area contributed by atoms with Gasteiger partial charge in [-0.05, 0) is 43.5 Å². The quantitative estimate of drug-likeness (QED) is 0.870. The van der Waals surface area contributed by atoms with Crippen molar-refractivity contribution in [3.63, 3.8) is 0 Å². The van der Waals surface area contributed by atoms with Crippen LogP contribution in [0.4, 0.5) is 0 Å². The monoisotopic (exact) mass is 245 g/mol. The van der Waals surface area contributed by atoms with Crippen molar-refractivity contribution in [3.05, 3.63) is 29.7 Å². The Morgan fingerprint density at radius 3 is 3.22 bits per heavy atom. The van der Waals surface area contributed by atoms with Gasteiger partial charge in [-0.2, -0.15) is 0 Å². The van der Waals surface area contributed by atoms with Crippen molar-refractivity contribution in [1.82, 2.24) is 10.3 Å². The first-order valence-electron chi connectivity index (χ1n) is 6.58. The van der Waals surface area contributed by atoms with Crippen LogP contribution in [0.25, 0.3) is 11.1 Å². The molecule has 1 saturated heterocycles. The highest BCUT2D eigenvalue weighted by atomic mass is 16.3. The fourth-order valence-corrected chi connectivity index (χ4v) is 2.69. The second-order valence-corrected chi connectivity index (χ2v) is 5.10. The number of hydrogen-bond donors (Lipinski definition) is 2. The van der Waals surface area contributed by atoms with E-state index in [2.05, 4.69) is 16.4 Å². The average Bonchev–Trinajstić information content (AvgIpc) is 2.95. The number of benzene rings is 1. The molecule has 18 heavy (non-hydrogen) atoms. The van der Waals surface area contributed by atoms with Crippen LogP contribution >= 0.6 is 0 Å². The number of nitrogens with two attached hydrogens (primary N) is 1. The van der Waals surface area contributed by atoms with Gasteiger partial charge in [0.15, 0.2) is 11.5 Å². The Morgan fingerprint density at radius 1 is 1.56 bits per heavy atom. The number of aryl methyl sites for hydroxylation is 1. The third-order valence-corrected chi connectivity index (χ3v) is 3.65. The van der Waals surface area contributed by atoms with Crippen molar-refractivity contribution in [1.29, 1.82) is 0 Å². The molecule has 1 fully saturated rings. The minimum atomic E-state index is 0.0652. The van der Waals surface area contributed by atoms with Gasteiger partial charge >= 0.3 is 0 Å². The molecule has 0 bridgehead atoms. The summed E-state index contributed by atoms with van der Waals surface area (Å²) in [5.74, 6) is 0.702. The zero-order valence-electron chi connectivity index (χ0n) is 10.6. The second-order valence-electron chi connectivity index (χ2n) is 5.10. The number of hydrogen-bond acceptors (Lipinski definition) is 4. The lowest BCUT2D eigenvalue weighted by Crippen LogP contribution is -2.26. The topological polar surface area (TPSA) is 64.1 Å². The Labute approximate surface area is 107 Å². The number of nitrogens with one attached hydrogen (secondary N) is 1. The summed E-state index contributed by atoms with van der Waals surface area (Å²) in [6, 6.07) is 6.70. The highest BCUT2D eigenvalue weighted by Gasteiger charge is 2.18. The third kappa shape index (κ3) is 2.26. The molecule has 1 aromatic carbocycles. The summed E-state index contributed by atoms with van der Waals surface area (Å²) in [5, 5.41) is 3.48. The summed E-state index contributed by atoms with van der Waals surface area (Å²) in [5.41, 5.74) is 9.14. The van der Waals surface area contributed by atoms with Crippen molar-refractivity contribution < 1.29 is 4.42 Å². The smallest absolute Gasteiger partial charge is 0.192 e. The molecule has 1 aliphatic rings. The van der Waals surface area contributed by atoms with Crippen LogP contribution in [0.2, 0.25) is 0 Å². The largest absolute Gasteiger partial charge is 0.441 e. The first-order valence-corrected chi connectivity index (χ1v) is 6.58. The average molecular weight is 245 g/mol. The van der Waals surface area contributed by atoms with Crippen molar-refractivity contribution in [3.8, 4) is 0 Å². The summed E-state index contributed by atoms with van der Waals surface area (Å²) in [6.07, 6.45) is 3.48. The lowest BCUT2D eigenvalue weighted by molar-refractivity contribution is 0.498. The zero-order valence-corrected chi connectivity index (χ0v) is 10.6. The molecule has 0 spiro atoms. The van der Waals surface area contributed by atoms with Gasteiger partial charge in [0.05, 0.1) is 0 Å². The van der Waals surface area contributed by atoms with Crippen LogP contribution in [-0.2, 0) is 0 Å².